The van der Waals surface area contributed by atoms with Gasteiger partial charge in [-0.25, -0.2) is 8.42 Å². The molecule has 0 spiro atoms. The first-order chi connectivity index (χ1) is 12.1. The van der Waals surface area contributed by atoms with E-state index in [-0.39, 0.29) is 0 Å². The van der Waals surface area contributed by atoms with Crippen molar-refractivity contribution < 1.29 is 8.42 Å². The Morgan fingerprint density at radius 1 is 0.840 bits per heavy atom. The highest BCUT2D eigenvalue weighted by molar-refractivity contribution is 7.89. The monoisotopic (exact) mass is 357 g/mol. The van der Waals surface area contributed by atoms with E-state index in [1.807, 2.05) is 12.1 Å². The van der Waals surface area contributed by atoms with Crippen LogP contribution in [0.4, 0.5) is 5.69 Å². The van der Waals surface area contributed by atoms with Crippen LogP contribution in [0.5, 0.6) is 0 Å². The van der Waals surface area contributed by atoms with Gasteiger partial charge in [-0.1, -0.05) is 30.3 Å². The molecule has 1 saturated heterocycles. The fourth-order valence-corrected chi connectivity index (χ4v) is 5.04. The smallest absolute Gasteiger partial charge is 0.243 e. The zero-order valence-corrected chi connectivity index (χ0v) is 15.2. The van der Waals surface area contributed by atoms with Crippen molar-refractivity contribution in [3.05, 3.63) is 59.7 Å². The van der Waals surface area contributed by atoms with Gasteiger partial charge in [0.25, 0.3) is 0 Å². The first-order valence-electron chi connectivity index (χ1n) is 8.65. The van der Waals surface area contributed by atoms with Crippen molar-refractivity contribution in [2.75, 3.05) is 38.1 Å². The standard InChI is InChI=1S/C19H23N3O2S/c1-20-10-12-21(13-11-20)19-9-5-6-16-14-22(15-18(16)19)25(23,24)17-7-3-2-4-8-17/h2-9H,10-15H2,1H3. The molecule has 0 aliphatic carbocycles. The number of likely N-dealkylation sites (N-methyl/N-ethyl adjacent to an activating group) is 1. The zero-order chi connectivity index (χ0) is 17.4. The first kappa shape index (κ1) is 16.6. The fraction of sp³-hybridized carbons (Fsp3) is 0.368. The van der Waals surface area contributed by atoms with Crippen molar-refractivity contribution in [1.82, 2.24) is 9.21 Å². The van der Waals surface area contributed by atoms with Crippen molar-refractivity contribution in [3.63, 3.8) is 0 Å². The summed E-state index contributed by atoms with van der Waals surface area (Å²) < 4.78 is 27.5. The number of hydrogen-bond acceptors (Lipinski definition) is 4. The molecular formula is C19H23N3O2S. The molecule has 0 N–H and O–H groups in total. The molecule has 0 atom stereocenters. The van der Waals surface area contributed by atoms with Gasteiger partial charge in [0.05, 0.1) is 4.90 Å². The summed E-state index contributed by atoms with van der Waals surface area (Å²) in [5.41, 5.74) is 3.47. The van der Waals surface area contributed by atoms with Crippen LogP contribution in [-0.4, -0.2) is 50.8 Å². The minimum absolute atomic E-state index is 0.365. The maximum Gasteiger partial charge on any atom is 0.243 e. The molecule has 0 unspecified atom stereocenters. The van der Waals surface area contributed by atoms with Gasteiger partial charge in [0, 0.05) is 45.0 Å². The first-order valence-corrected chi connectivity index (χ1v) is 10.1. The van der Waals surface area contributed by atoms with E-state index >= 15 is 0 Å². The van der Waals surface area contributed by atoms with Crippen LogP contribution in [0.3, 0.4) is 0 Å². The van der Waals surface area contributed by atoms with Crippen LogP contribution in [0, 0.1) is 0 Å². The zero-order valence-electron chi connectivity index (χ0n) is 14.4. The number of sulfonamides is 1. The van der Waals surface area contributed by atoms with Gasteiger partial charge < -0.3 is 9.80 Å². The van der Waals surface area contributed by atoms with E-state index in [2.05, 4.69) is 29.0 Å². The molecule has 6 heteroatoms. The number of hydrogen-bond donors (Lipinski definition) is 0. The largest absolute Gasteiger partial charge is 0.369 e. The molecule has 5 nitrogen and oxygen atoms in total. The Hall–Kier alpha value is -1.89. The highest BCUT2D eigenvalue weighted by atomic mass is 32.2. The number of fused-ring (bicyclic) bond motifs is 1. The highest BCUT2D eigenvalue weighted by Gasteiger charge is 2.32. The van der Waals surface area contributed by atoms with Crippen molar-refractivity contribution in [2.45, 2.75) is 18.0 Å². The lowest BCUT2D eigenvalue weighted by atomic mass is 10.1. The van der Waals surface area contributed by atoms with Crippen LogP contribution in [0.2, 0.25) is 0 Å². The molecule has 0 saturated carbocycles. The lowest BCUT2D eigenvalue weighted by Crippen LogP contribution is -2.44. The number of rotatable bonds is 3. The third-order valence-electron chi connectivity index (χ3n) is 5.15. The van der Waals surface area contributed by atoms with E-state index in [9.17, 15) is 8.42 Å². The van der Waals surface area contributed by atoms with E-state index in [0.717, 1.165) is 37.3 Å². The van der Waals surface area contributed by atoms with E-state index in [0.29, 0.717) is 18.0 Å². The van der Waals surface area contributed by atoms with Gasteiger partial charge in [-0.3, -0.25) is 0 Å². The number of nitrogens with zero attached hydrogens (tertiary/aromatic N) is 3. The quantitative estimate of drug-likeness (QED) is 0.844. The van der Waals surface area contributed by atoms with Crippen LogP contribution < -0.4 is 4.90 Å². The summed E-state index contributed by atoms with van der Waals surface area (Å²) >= 11 is 0. The molecule has 2 aliphatic rings. The summed E-state index contributed by atoms with van der Waals surface area (Å²) in [6.45, 7) is 4.95. The number of anilines is 1. The van der Waals surface area contributed by atoms with Crippen molar-refractivity contribution in [2.24, 2.45) is 0 Å². The molecule has 0 radical (unpaired) electrons. The van der Waals surface area contributed by atoms with Crippen LogP contribution >= 0.6 is 0 Å². The summed E-state index contributed by atoms with van der Waals surface area (Å²) in [5, 5.41) is 0. The SMILES string of the molecule is CN1CCN(c2cccc3c2CN(S(=O)(=O)c2ccccc2)C3)CC1. The van der Waals surface area contributed by atoms with Crippen LogP contribution in [0.15, 0.2) is 53.4 Å². The van der Waals surface area contributed by atoms with Gasteiger partial charge in [-0.15, -0.1) is 0 Å². The lowest BCUT2D eigenvalue weighted by Gasteiger charge is -2.35. The van der Waals surface area contributed by atoms with Crippen LogP contribution in [0.25, 0.3) is 0 Å². The van der Waals surface area contributed by atoms with Crippen molar-refractivity contribution >= 4 is 15.7 Å². The van der Waals surface area contributed by atoms with Gasteiger partial charge in [-0.2, -0.15) is 4.31 Å². The maximum absolute atomic E-state index is 12.9. The normalized spacial score (nSPS) is 19.2. The maximum atomic E-state index is 12.9. The molecule has 0 amide bonds. The van der Waals surface area contributed by atoms with Gasteiger partial charge in [0.2, 0.25) is 10.0 Å². The number of piperazine rings is 1. The van der Waals surface area contributed by atoms with Crippen molar-refractivity contribution in [3.8, 4) is 0 Å². The Bertz CT molecular complexity index is 859. The summed E-state index contributed by atoms with van der Waals surface area (Å²) in [6.07, 6.45) is 0. The van der Waals surface area contributed by atoms with Gasteiger partial charge in [-0.05, 0) is 36.4 Å². The Labute approximate surface area is 149 Å². The third kappa shape index (κ3) is 3.05. The average Bonchev–Trinajstić information content (AvgIpc) is 3.08. The molecule has 4 rings (SSSR count). The second-order valence-corrected chi connectivity index (χ2v) is 8.73. The lowest BCUT2D eigenvalue weighted by molar-refractivity contribution is 0.312. The number of benzene rings is 2. The van der Waals surface area contributed by atoms with Crippen LogP contribution in [0.1, 0.15) is 11.1 Å². The van der Waals surface area contributed by atoms with Crippen molar-refractivity contribution in [1.29, 1.82) is 0 Å². The fourth-order valence-electron chi connectivity index (χ4n) is 3.63. The summed E-state index contributed by atoms with van der Waals surface area (Å²) in [6, 6.07) is 14.9. The average molecular weight is 357 g/mol. The minimum atomic E-state index is -3.46. The third-order valence-corrected chi connectivity index (χ3v) is 6.96. The van der Waals surface area contributed by atoms with E-state index in [1.54, 1.807) is 28.6 Å². The van der Waals surface area contributed by atoms with E-state index in [4.69, 9.17) is 0 Å². The molecule has 132 valence electrons. The molecule has 2 aliphatic heterocycles. The molecule has 1 fully saturated rings. The van der Waals surface area contributed by atoms with Gasteiger partial charge in [0.1, 0.15) is 0 Å². The summed E-state index contributed by atoms with van der Waals surface area (Å²) in [7, 11) is -1.32. The summed E-state index contributed by atoms with van der Waals surface area (Å²) in [5.74, 6) is 0. The molecule has 2 aromatic rings. The Morgan fingerprint density at radius 3 is 2.28 bits per heavy atom. The Morgan fingerprint density at radius 2 is 1.56 bits per heavy atom. The Balaban J connectivity index is 1.62. The van der Waals surface area contributed by atoms with Gasteiger partial charge >= 0.3 is 0 Å². The van der Waals surface area contributed by atoms with Crippen LogP contribution in [-0.2, 0) is 23.1 Å². The predicted molar refractivity (Wildman–Crippen MR) is 99.0 cm³/mol. The van der Waals surface area contributed by atoms with E-state index in [1.165, 1.54) is 5.69 Å². The van der Waals surface area contributed by atoms with E-state index < -0.39 is 10.0 Å². The molecule has 2 heterocycles. The molecular weight excluding hydrogens is 334 g/mol. The second kappa shape index (κ2) is 6.44. The Kier molecular flexibility index (Phi) is 4.27. The predicted octanol–water partition coefficient (Wildman–Crippen LogP) is 2.14. The molecule has 0 bridgehead atoms. The summed E-state index contributed by atoms with van der Waals surface area (Å²) in [4.78, 5) is 5.08. The van der Waals surface area contributed by atoms with Gasteiger partial charge in [0.15, 0.2) is 0 Å². The molecule has 0 aromatic heterocycles. The topological polar surface area (TPSA) is 43.9 Å². The second-order valence-electron chi connectivity index (χ2n) is 6.79. The molecule has 25 heavy (non-hydrogen) atoms. The minimum Gasteiger partial charge on any atom is -0.369 e. The molecule has 2 aromatic carbocycles. The highest BCUT2D eigenvalue weighted by Crippen LogP contribution is 2.35.